The Kier molecular flexibility index (Phi) is 11.6. The molecule has 80 heavy (non-hydrogen) atoms. The van der Waals surface area contributed by atoms with Crippen molar-refractivity contribution in [1.29, 1.82) is 0 Å². The number of nitrogens with zero attached hydrogens (tertiary/aromatic N) is 3. The summed E-state index contributed by atoms with van der Waals surface area (Å²) in [5.41, 5.74) is 25.6. The van der Waals surface area contributed by atoms with E-state index in [1.165, 1.54) is 94.3 Å². The van der Waals surface area contributed by atoms with Crippen LogP contribution in [0.15, 0.2) is 315 Å². The molecule has 0 aliphatic carbocycles. The van der Waals surface area contributed by atoms with Gasteiger partial charge in [-0.05, 0) is 156 Å². The lowest BCUT2D eigenvalue weighted by Crippen LogP contribution is -2.61. The molecule has 3 nitrogen and oxygen atoms in total. The van der Waals surface area contributed by atoms with Crippen molar-refractivity contribution < 1.29 is 0 Å². The quantitative estimate of drug-likeness (QED) is 0.126. The van der Waals surface area contributed by atoms with Crippen LogP contribution in [0.5, 0.6) is 0 Å². The molecule has 0 fully saturated rings. The second kappa shape index (κ2) is 19.9. The van der Waals surface area contributed by atoms with Crippen molar-refractivity contribution in [3.05, 3.63) is 315 Å². The van der Waals surface area contributed by atoms with Gasteiger partial charge in [0.05, 0.1) is 5.69 Å². The Morgan fingerprint density at radius 3 is 1.25 bits per heavy atom. The Morgan fingerprint density at radius 1 is 0.275 bits per heavy atom. The summed E-state index contributed by atoms with van der Waals surface area (Å²) < 4.78 is 0. The van der Waals surface area contributed by atoms with Crippen LogP contribution in [0.4, 0.5) is 45.5 Å². The molecule has 0 radical (unpaired) electrons. The van der Waals surface area contributed by atoms with E-state index < -0.39 is 0 Å². The van der Waals surface area contributed by atoms with E-state index in [9.17, 15) is 0 Å². The molecule has 2 aliphatic heterocycles. The van der Waals surface area contributed by atoms with Gasteiger partial charge < -0.3 is 14.6 Å². The van der Waals surface area contributed by atoms with E-state index in [1.807, 2.05) is 0 Å². The zero-order valence-electron chi connectivity index (χ0n) is 43.9. The van der Waals surface area contributed by atoms with Gasteiger partial charge in [-0.3, -0.25) is 0 Å². The Bertz CT molecular complexity index is 4310. The van der Waals surface area contributed by atoms with Crippen molar-refractivity contribution in [1.82, 2.24) is 0 Å². The third-order valence-corrected chi connectivity index (χ3v) is 16.2. The zero-order chi connectivity index (χ0) is 52.9. The molecule has 0 saturated carbocycles. The summed E-state index contributed by atoms with van der Waals surface area (Å²) in [7, 11) is 0. The molecule has 4 heteroatoms. The van der Waals surface area contributed by atoms with Crippen molar-refractivity contribution >= 4 is 74.0 Å². The summed E-state index contributed by atoms with van der Waals surface area (Å²) in [6.07, 6.45) is 0. The van der Waals surface area contributed by atoms with Crippen LogP contribution < -0.4 is 25.5 Å². The molecule has 0 spiro atoms. The summed E-state index contributed by atoms with van der Waals surface area (Å²) >= 11 is 0. The number of anilines is 8. The van der Waals surface area contributed by atoms with Crippen LogP contribution in [0.1, 0.15) is 0 Å². The van der Waals surface area contributed by atoms with Crippen LogP contribution in [0, 0.1) is 0 Å². The van der Waals surface area contributed by atoms with E-state index in [1.54, 1.807) is 0 Å². The van der Waals surface area contributed by atoms with E-state index in [0.717, 1.165) is 39.7 Å². The molecule has 13 aromatic rings. The minimum atomic E-state index is -0.216. The number of fused-ring (bicyclic) bond motifs is 6. The monoisotopic (exact) mass is 1020 g/mol. The van der Waals surface area contributed by atoms with Crippen LogP contribution in [0.25, 0.3) is 77.5 Å². The molecule has 0 saturated heterocycles. The van der Waals surface area contributed by atoms with Gasteiger partial charge in [-0.15, -0.1) is 0 Å². The van der Waals surface area contributed by atoms with Crippen LogP contribution in [0.3, 0.4) is 0 Å². The highest BCUT2D eigenvalue weighted by molar-refractivity contribution is 6.94. The number of rotatable bonds is 10. The lowest BCUT2D eigenvalue weighted by Gasteiger charge is -2.46. The standard InChI is InChI=1S/C76H52BN3/c1-6-20-53(21-7-1)58-36-41-64(42-37-58)78(65-43-38-59(39-44-65)54-22-8-2-9-23-54)67-45-46-72-74(52-67)79(66-33-18-31-60(48-66)55-24-10-3-11-25-55)76-69-35-17-16-30-63(69)51-71-70-50-62(57-28-14-5-15-29-57)40-47-73(70)80(77(72)75(71)76)68-34-19-32-61(49-68)56-26-12-4-13-27-56/h1-52H. The number of hydrogen-bond donors (Lipinski definition) is 0. The largest absolute Gasteiger partial charge is 0.376 e. The van der Waals surface area contributed by atoms with E-state index in [-0.39, 0.29) is 6.85 Å². The highest BCUT2D eigenvalue weighted by atomic mass is 15.2. The normalized spacial score (nSPS) is 12.2. The van der Waals surface area contributed by atoms with Gasteiger partial charge in [0.1, 0.15) is 0 Å². The van der Waals surface area contributed by atoms with Crippen molar-refractivity contribution in [3.63, 3.8) is 0 Å². The number of benzene rings is 13. The van der Waals surface area contributed by atoms with Crippen LogP contribution in [-0.2, 0) is 0 Å². The maximum absolute atomic E-state index is 2.63. The van der Waals surface area contributed by atoms with Gasteiger partial charge in [0.2, 0.25) is 0 Å². The van der Waals surface area contributed by atoms with E-state index in [0.29, 0.717) is 0 Å². The minimum absolute atomic E-state index is 0.216. The molecule has 0 aromatic heterocycles. The summed E-state index contributed by atoms with van der Waals surface area (Å²) in [5, 5.41) is 2.39. The Morgan fingerprint density at radius 2 is 0.700 bits per heavy atom. The number of hydrogen-bond acceptors (Lipinski definition) is 3. The molecule has 0 unspecified atom stereocenters. The lowest BCUT2D eigenvalue weighted by atomic mass is 9.43. The van der Waals surface area contributed by atoms with Crippen molar-refractivity contribution in [2.45, 2.75) is 0 Å². The highest BCUT2D eigenvalue weighted by Crippen LogP contribution is 2.51. The summed E-state index contributed by atoms with van der Waals surface area (Å²) in [6, 6.07) is 116. The highest BCUT2D eigenvalue weighted by Gasteiger charge is 2.46. The summed E-state index contributed by atoms with van der Waals surface area (Å²) in [6.45, 7) is -0.216. The Balaban J connectivity index is 1.01. The van der Waals surface area contributed by atoms with E-state index in [4.69, 9.17) is 0 Å². The van der Waals surface area contributed by atoms with Gasteiger partial charge in [-0.1, -0.05) is 237 Å². The second-order valence-corrected chi connectivity index (χ2v) is 20.9. The van der Waals surface area contributed by atoms with Gasteiger partial charge in [0.25, 0.3) is 0 Å². The average Bonchev–Trinajstić information content (AvgIpc) is 3.38. The maximum atomic E-state index is 2.63. The zero-order valence-corrected chi connectivity index (χ0v) is 43.9. The van der Waals surface area contributed by atoms with E-state index >= 15 is 0 Å². The molecule has 2 heterocycles. The molecular weight excluding hydrogens is 966 g/mol. The SMILES string of the molecule is c1ccc(-c2ccc(N(c3ccc(-c4ccccc4)cc3)c3ccc4c(c3)N(c3cccc(-c5ccccc5)c3)c3c5c(cc6ccccc36)-c3cc(-c6ccccc6)ccc3N(c3cccc(-c6ccccc6)c3)B45)cc2)cc1. The fraction of sp³-hybridized carbons (Fsp3) is 0. The molecule has 2 aliphatic rings. The van der Waals surface area contributed by atoms with Crippen molar-refractivity contribution in [2.24, 2.45) is 0 Å². The van der Waals surface area contributed by atoms with Gasteiger partial charge in [0.15, 0.2) is 0 Å². The molecule has 0 bridgehead atoms. The topological polar surface area (TPSA) is 9.72 Å². The smallest absolute Gasteiger partial charge is 0.333 e. The Labute approximate surface area is 468 Å². The van der Waals surface area contributed by atoms with E-state index in [2.05, 4.69) is 330 Å². The van der Waals surface area contributed by atoms with Crippen molar-refractivity contribution in [2.75, 3.05) is 14.6 Å². The minimum Gasteiger partial charge on any atom is -0.376 e. The predicted octanol–water partition coefficient (Wildman–Crippen LogP) is 19.4. The van der Waals surface area contributed by atoms with Gasteiger partial charge in [-0.2, -0.15) is 0 Å². The first kappa shape index (κ1) is 46.9. The van der Waals surface area contributed by atoms with Crippen LogP contribution in [-0.4, -0.2) is 6.85 Å². The molecule has 13 aromatic carbocycles. The van der Waals surface area contributed by atoms with Crippen LogP contribution >= 0.6 is 0 Å². The molecule has 15 rings (SSSR count). The maximum Gasteiger partial charge on any atom is 0.333 e. The molecule has 0 atom stereocenters. The molecule has 0 N–H and O–H groups in total. The van der Waals surface area contributed by atoms with Gasteiger partial charge >= 0.3 is 6.85 Å². The second-order valence-electron chi connectivity index (χ2n) is 20.9. The molecule has 374 valence electrons. The first-order valence-electron chi connectivity index (χ1n) is 27.6. The summed E-state index contributed by atoms with van der Waals surface area (Å²) in [4.78, 5) is 7.65. The molecule has 0 amide bonds. The first-order chi connectivity index (χ1) is 39.7. The Hall–Kier alpha value is -10.4. The van der Waals surface area contributed by atoms with Gasteiger partial charge in [-0.25, -0.2) is 0 Å². The van der Waals surface area contributed by atoms with Crippen LogP contribution in [0.2, 0.25) is 0 Å². The van der Waals surface area contributed by atoms with Gasteiger partial charge in [0, 0.05) is 50.8 Å². The third kappa shape index (κ3) is 8.25. The molecular formula is C76H52BN3. The lowest BCUT2D eigenvalue weighted by molar-refractivity contribution is 1.25. The predicted molar refractivity (Wildman–Crippen MR) is 340 cm³/mol. The fourth-order valence-electron chi connectivity index (χ4n) is 12.4. The third-order valence-electron chi connectivity index (χ3n) is 16.2. The summed E-state index contributed by atoms with van der Waals surface area (Å²) in [5.74, 6) is 0. The fourth-order valence-corrected chi connectivity index (χ4v) is 12.4. The van der Waals surface area contributed by atoms with Crippen molar-refractivity contribution in [3.8, 4) is 66.8 Å². The average molecular weight is 1020 g/mol. The first-order valence-corrected chi connectivity index (χ1v) is 27.6.